The van der Waals surface area contributed by atoms with E-state index in [0.29, 0.717) is 38.1 Å². The molecule has 30 heavy (non-hydrogen) atoms. The number of para-hydroxylation sites is 1. The molecule has 0 aliphatic rings. The van der Waals surface area contributed by atoms with Crippen LogP contribution in [0.3, 0.4) is 0 Å². The Morgan fingerprint density at radius 3 is 2.27 bits per heavy atom. The van der Waals surface area contributed by atoms with Crippen molar-refractivity contribution >= 4 is 38.7 Å². The van der Waals surface area contributed by atoms with Gasteiger partial charge >= 0.3 is 0 Å². The number of ether oxygens (including phenoxy) is 4. The van der Waals surface area contributed by atoms with E-state index >= 15 is 0 Å². The first kappa shape index (κ1) is 22.0. The largest absolute Gasteiger partial charge is 0.612 e. The van der Waals surface area contributed by atoms with Crippen LogP contribution in [0.1, 0.15) is 0 Å². The van der Waals surface area contributed by atoms with Crippen LogP contribution >= 0.6 is 15.9 Å². The maximum absolute atomic E-state index is 12.0. The molecule has 0 saturated carbocycles. The third kappa shape index (κ3) is 4.89. The molecule has 0 aliphatic carbocycles. The molecule has 3 aromatic rings. The summed E-state index contributed by atoms with van der Waals surface area (Å²) in [6, 6.07) is 10.6. The second-order valence-electron chi connectivity index (χ2n) is 5.89. The van der Waals surface area contributed by atoms with Crippen LogP contribution in [0.4, 0.5) is 11.6 Å². The number of halogens is 1. The molecule has 1 unspecified atom stereocenters. The minimum Gasteiger partial charge on any atom is -0.612 e. The van der Waals surface area contributed by atoms with Gasteiger partial charge < -0.3 is 28.8 Å². The van der Waals surface area contributed by atoms with Crippen molar-refractivity contribution < 1.29 is 23.5 Å². The molecule has 0 bridgehead atoms. The summed E-state index contributed by atoms with van der Waals surface area (Å²) in [5, 5.41) is 3.10. The van der Waals surface area contributed by atoms with Crippen molar-refractivity contribution in [1.82, 2.24) is 9.97 Å². The molecule has 0 fully saturated rings. The van der Waals surface area contributed by atoms with E-state index in [-0.39, 0.29) is 11.8 Å². The Labute approximate surface area is 185 Å². The van der Waals surface area contributed by atoms with Gasteiger partial charge in [0.25, 0.3) is 0 Å². The van der Waals surface area contributed by atoms with E-state index in [1.807, 2.05) is 0 Å². The van der Waals surface area contributed by atoms with Gasteiger partial charge in [-0.2, -0.15) is 4.98 Å². The average molecular weight is 494 g/mol. The molecule has 0 aliphatic heterocycles. The molecule has 158 valence electrons. The van der Waals surface area contributed by atoms with E-state index in [2.05, 4.69) is 31.2 Å². The number of aromatic nitrogens is 2. The molecular weight excluding hydrogens is 474 g/mol. The first-order chi connectivity index (χ1) is 14.5. The average Bonchev–Trinajstić information content (AvgIpc) is 2.75. The summed E-state index contributed by atoms with van der Waals surface area (Å²) in [6.45, 7) is 0. The van der Waals surface area contributed by atoms with Crippen LogP contribution in [0.2, 0.25) is 0 Å². The van der Waals surface area contributed by atoms with E-state index in [9.17, 15) is 4.55 Å². The van der Waals surface area contributed by atoms with Gasteiger partial charge in [0.15, 0.2) is 22.1 Å². The van der Waals surface area contributed by atoms with E-state index in [4.69, 9.17) is 18.9 Å². The number of hydrogen-bond donors (Lipinski definition) is 1. The van der Waals surface area contributed by atoms with Gasteiger partial charge in [-0.3, -0.25) is 0 Å². The zero-order chi connectivity index (χ0) is 21.7. The summed E-state index contributed by atoms with van der Waals surface area (Å²) in [7, 11) is 4.62. The zero-order valence-corrected chi connectivity index (χ0v) is 19.2. The Balaban J connectivity index is 1.91. The van der Waals surface area contributed by atoms with Gasteiger partial charge in [-0.25, -0.2) is 4.98 Å². The Morgan fingerprint density at radius 1 is 1.00 bits per heavy atom. The van der Waals surface area contributed by atoms with Gasteiger partial charge in [-0.05, 0) is 39.2 Å². The van der Waals surface area contributed by atoms with Crippen molar-refractivity contribution in [3.05, 3.63) is 47.1 Å². The van der Waals surface area contributed by atoms with Crippen LogP contribution in [-0.2, 0) is 11.2 Å². The first-order valence-electron chi connectivity index (χ1n) is 8.66. The fourth-order valence-electron chi connectivity index (χ4n) is 2.64. The smallest absolute Gasteiger partial charge is 0.238 e. The van der Waals surface area contributed by atoms with Crippen molar-refractivity contribution in [1.29, 1.82) is 0 Å². The topological polar surface area (TPSA) is 97.8 Å². The Hall–Kier alpha value is -2.69. The van der Waals surface area contributed by atoms with E-state index < -0.39 is 11.2 Å². The van der Waals surface area contributed by atoms with E-state index in [1.165, 1.54) is 21.3 Å². The third-order valence-corrected chi connectivity index (χ3v) is 5.50. The maximum Gasteiger partial charge on any atom is 0.238 e. The number of methoxy groups -OCH3 is 3. The molecule has 8 nitrogen and oxygen atoms in total. The molecule has 1 heterocycles. The van der Waals surface area contributed by atoms with E-state index in [1.54, 1.807) is 48.9 Å². The minimum atomic E-state index is -1.21. The second kappa shape index (κ2) is 9.88. The van der Waals surface area contributed by atoms with Crippen molar-refractivity contribution in [3.63, 3.8) is 0 Å². The molecule has 1 atom stereocenters. The van der Waals surface area contributed by atoms with Crippen LogP contribution in [-0.4, -0.2) is 42.1 Å². The summed E-state index contributed by atoms with van der Waals surface area (Å²) in [6.07, 6.45) is 3.16. The highest BCUT2D eigenvalue weighted by Gasteiger charge is 2.17. The maximum atomic E-state index is 12.0. The molecule has 2 aromatic carbocycles. The third-order valence-electron chi connectivity index (χ3n) is 4.00. The van der Waals surface area contributed by atoms with Gasteiger partial charge in [-0.1, -0.05) is 12.1 Å². The van der Waals surface area contributed by atoms with Crippen LogP contribution < -0.4 is 24.3 Å². The second-order valence-corrected chi connectivity index (χ2v) is 8.09. The highest BCUT2D eigenvalue weighted by molar-refractivity contribution is 9.10. The quantitative estimate of drug-likeness (QED) is 0.456. The van der Waals surface area contributed by atoms with Crippen LogP contribution in [0.15, 0.2) is 52.0 Å². The monoisotopic (exact) mass is 493 g/mol. The van der Waals surface area contributed by atoms with Crippen LogP contribution in [0.25, 0.3) is 0 Å². The summed E-state index contributed by atoms with van der Waals surface area (Å²) in [4.78, 5) is 9.25. The van der Waals surface area contributed by atoms with Crippen molar-refractivity contribution in [2.24, 2.45) is 0 Å². The first-order valence-corrected chi connectivity index (χ1v) is 11.0. The molecule has 0 amide bonds. The van der Waals surface area contributed by atoms with Crippen molar-refractivity contribution in [3.8, 4) is 28.9 Å². The highest BCUT2D eigenvalue weighted by Crippen LogP contribution is 2.40. The van der Waals surface area contributed by atoms with Crippen molar-refractivity contribution in [2.45, 2.75) is 4.90 Å². The summed E-state index contributed by atoms with van der Waals surface area (Å²) in [5.74, 6) is 2.49. The van der Waals surface area contributed by atoms with Crippen LogP contribution in [0, 0.1) is 0 Å². The SMILES string of the molecule is COc1cc(Nc2ncc(Br)c(Oc3ccccc3[S+](C)[O-])n2)cc(OC)c1OC. The normalized spacial score (nSPS) is 11.5. The Morgan fingerprint density at radius 2 is 1.67 bits per heavy atom. The lowest BCUT2D eigenvalue weighted by atomic mass is 10.2. The molecule has 3 rings (SSSR count). The molecule has 0 radical (unpaired) electrons. The van der Waals surface area contributed by atoms with Crippen molar-refractivity contribution in [2.75, 3.05) is 32.9 Å². The zero-order valence-electron chi connectivity index (χ0n) is 16.8. The number of nitrogens with one attached hydrogen (secondary N) is 1. The van der Waals surface area contributed by atoms with Gasteiger partial charge in [0, 0.05) is 17.8 Å². The van der Waals surface area contributed by atoms with Crippen LogP contribution in [0.5, 0.6) is 28.9 Å². The molecule has 1 N–H and O–H groups in total. The fraction of sp³-hybridized carbons (Fsp3) is 0.200. The van der Waals surface area contributed by atoms with Gasteiger partial charge in [0.2, 0.25) is 17.6 Å². The lowest BCUT2D eigenvalue weighted by Crippen LogP contribution is -2.03. The number of rotatable bonds is 8. The highest BCUT2D eigenvalue weighted by atomic mass is 79.9. The molecular formula is C20H20BrN3O5S. The summed E-state index contributed by atoms with van der Waals surface area (Å²) < 4.78 is 34.5. The molecule has 10 heteroatoms. The fourth-order valence-corrected chi connectivity index (χ4v) is 3.58. The molecule has 0 spiro atoms. The lowest BCUT2D eigenvalue weighted by molar-refractivity contribution is 0.324. The summed E-state index contributed by atoms with van der Waals surface area (Å²) >= 11 is 2.18. The number of nitrogens with zero attached hydrogens (tertiary/aromatic N) is 2. The number of benzene rings is 2. The summed E-state index contributed by atoms with van der Waals surface area (Å²) in [5.41, 5.74) is 0.632. The molecule has 0 saturated heterocycles. The molecule has 1 aromatic heterocycles. The van der Waals surface area contributed by atoms with Gasteiger partial charge in [0.1, 0.15) is 6.26 Å². The Kier molecular flexibility index (Phi) is 7.24. The standard InChI is InChI=1S/C20H20BrN3O5S/c1-26-15-9-12(10-16(27-2)18(15)28-3)23-20-22-11-13(21)19(24-20)29-14-7-5-6-8-17(14)30(4)25/h5-11H,1-4H3,(H,22,23,24). The minimum absolute atomic E-state index is 0.276. The Bertz CT molecular complexity index is 1010. The number of anilines is 2. The predicted octanol–water partition coefficient (Wildman–Crippen LogP) is 4.54. The van der Waals surface area contributed by atoms with E-state index in [0.717, 1.165) is 0 Å². The number of hydrogen-bond acceptors (Lipinski definition) is 8. The predicted molar refractivity (Wildman–Crippen MR) is 118 cm³/mol. The van der Waals surface area contributed by atoms with Gasteiger partial charge in [-0.15, -0.1) is 0 Å². The van der Waals surface area contributed by atoms with Gasteiger partial charge in [0.05, 0.1) is 32.0 Å². The lowest BCUT2D eigenvalue weighted by Gasteiger charge is -2.15.